The molecule has 0 spiro atoms. The quantitative estimate of drug-likeness (QED) is 0.487. The number of ether oxygens (including phenoxy) is 3. The number of fused-ring (bicyclic) bond motifs is 1. The molecule has 0 atom stereocenters. The van der Waals surface area contributed by atoms with E-state index >= 15 is 0 Å². The van der Waals surface area contributed by atoms with Gasteiger partial charge < -0.3 is 14.2 Å². The molecule has 1 heterocycles. The van der Waals surface area contributed by atoms with Crippen molar-refractivity contribution in [3.63, 3.8) is 0 Å². The molecule has 0 unspecified atom stereocenters. The Morgan fingerprint density at radius 2 is 1.95 bits per heavy atom. The molecule has 1 aliphatic rings. The second-order valence-electron chi connectivity index (χ2n) is 4.15. The van der Waals surface area contributed by atoms with Gasteiger partial charge in [-0.3, -0.25) is 4.79 Å². The van der Waals surface area contributed by atoms with Gasteiger partial charge in [-0.05, 0) is 30.3 Å². The first kappa shape index (κ1) is 12.2. The molecule has 0 aliphatic carbocycles. The summed E-state index contributed by atoms with van der Waals surface area (Å²) in [5.74, 6) is 0.911. The van der Waals surface area contributed by atoms with Crippen LogP contribution >= 0.6 is 0 Å². The van der Waals surface area contributed by atoms with E-state index in [-0.39, 0.29) is 6.79 Å². The summed E-state index contributed by atoms with van der Waals surface area (Å²) in [6, 6.07) is 11.2. The van der Waals surface area contributed by atoms with Crippen molar-refractivity contribution in [1.29, 1.82) is 0 Å². The summed E-state index contributed by atoms with van der Waals surface area (Å²) in [6.45, 7) is 0.148. The van der Waals surface area contributed by atoms with Crippen molar-refractivity contribution in [2.24, 2.45) is 0 Å². The van der Waals surface area contributed by atoms with Crippen LogP contribution < -0.4 is 14.2 Å². The van der Waals surface area contributed by atoms with Crippen LogP contribution in [0, 0.1) is 0 Å². The van der Waals surface area contributed by atoms with Crippen LogP contribution in [0.25, 0.3) is 0 Å². The molecule has 2 aromatic carbocycles. The molecule has 3 rings (SSSR count). The van der Waals surface area contributed by atoms with Gasteiger partial charge in [-0.1, -0.05) is 12.1 Å². The molecule has 5 heteroatoms. The number of rotatable bonds is 3. The minimum absolute atomic E-state index is 0.148. The minimum Gasteiger partial charge on any atom is -0.454 e. The molecule has 0 saturated carbocycles. The van der Waals surface area contributed by atoms with Crippen molar-refractivity contribution >= 4 is 12.3 Å². The van der Waals surface area contributed by atoms with E-state index in [1.54, 1.807) is 36.4 Å². The van der Waals surface area contributed by atoms with Crippen LogP contribution in [0.3, 0.4) is 0 Å². The fourth-order valence-electron chi connectivity index (χ4n) is 1.84. The third kappa shape index (κ3) is 2.33. The molecular formula is C15H10O5. The molecule has 5 nitrogen and oxygen atoms in total. The Morgan fingerprint density at radius 1 is 1.10 bits per heavy atom. The van der Waals surface area contributed by atoms with Crippen LogP contribution in [-0.2, 0) is 0 Å². The van der Waals surface area contributed by atoms with E-state index in [2.05, 4.69) is 0 Å². The van der Waals surface area contributed by atoms with Gasteiger partial charge in [0.25, 0.3) is 0 Å². The first-order valence-electron chi connectivity index (χ1n) is 5.93. The molecule has 2 aromatic rings. The fourth-order valence-corrected chi connectivity index (χ4v) is 1.84. The average Bonchev–Trinajstić information content (AvgIpc) is 2.94. The van der Waals surface area contributed by atoms with Crippen molar-refractivity contribution in [3.8, 4) is 17.2 Å². The minimum atomic E-state index is -0.522. The standard InChI is InChI=1S/C15H10O5/c16-8-10-2-1-3-12(6-10)20-15(17)11-4-5-13-14(7-11)19-9-18-13/h1-8H,9H2. The Balaban J connectivity index is 1.80. The Morgan fingerprint density at radius 3 is 2.80 bits per heavy atom. The van der Waals surface area contributed by atoms with Crippen molar-refractivity contribution in [1.82, 2.24) is 0 Å². The van der Waals surface area contributed by atoms with Gasteiger partial charge in [0.15, 0.2) is 11.5 Å². The molecule has 100 valence electrons. The SMILES string of the molecule is O=Cc1cccc(OC(=O)c2ccc3c(c2)OCO3)c1. The van der Waals surface area contributed by atoms with Crippen molar-refractivity contribution in [2.45, 2.75) is 0 Å². The van der Waals surface area contributed by atoms with Crippen molar-refractivity contribution in [3.05, 3.63) is 53.6 Å². The zero-order valence-corrected chi connectivity index (χ0v) is 10.4. The van der Waals surface area contributed by atoms with Crippen LogP contribution in [-0.4, -0.2) is 19.0 Å². The lowest BCUT2D eigenvalue weighted by molar-refractivity contribution is 0.0733. The zero-order chi connectivity index (χ0) is 13.9. The summed E-state index contributed by atoms with van der Waals surface area (Å²) < 4.78 is 15.6. The number of hydrogen-bond acceptors (Lipinski definition) is 5. The van der Waals surface area contributed by atoms with Gasteiger partial charge in [-0.15, -0.1) is 0 Å². The second-order valence-corrected chi connectivity index (χ2v) is 4.15. The van der Waals surface area contributed by atoms with Gasteiger partial charge in [-0.25, -0.2) is 4.79 Å². The Kier molecular flexibility index (Phi) is 3.09. The maximum absolute atomic E-state index is 12.0. The molecule has 0 fully saturated rings. The summed E-state index contributed by atoms with van der Waals surface area (Å²) >= 11 is 0. The molecule has 0 saturated heterocycles. The Bertz CT molecular complexity index is 678. The normalized spacial score (nSPS) is 12.0. The smallest absolute Gasteiger partial charge is 0.343 e. The predicted octanol–water partition coefficient (Wildman–Crippen LogP) is 2.45. The highest BCUT2D eigenvalue weighted by Crippen LogP contribution is 2.32. The topological polar surface area (TPSA) is 61.8 Å². The van der Waals surface area contributed by atoms with E-state index < -0.39 is 5.97 Å². The maximum atomic E-state index is 12.0. The molecular weight excluding hydrogens is 260 g/mol. The largest absolute Gasteiger partial charge is 0.454 e. The number of benzene rings is 2. The zero-order valence-electron chi connectivity index (χ0n) is 10.4. The van der Waals surface area contributed by atoms with Crippen LogP contribution in [0.4, 0.5) is 0 Å². The van der Waals surface area contributed by atoms with Crippen LogP contribution in [0.1, 0.15) is 20.7 Å². The van der Waals surface area contributed by atoms with E-state index in [0.29, 0.717) is 34.7 Å². The van der Waals surface area contributed by atoms with Crippen LogP contribution in [0.2, 0.25) is 0 Å². The number of esters is 1. The number of aldehydes is 1. The molecule has 0 amide bonds. The number of hydrogen-bond donors (Lipinski definition) is 0. The maximum Gasteiger partial charge on any atom is 0.343 e. The highest BCUT2D eigenvalue weighted by molar-refractivity contribution is 5.92. The van der Waals surface area contributed by atoms with Crippen LogP contribution in [0.5, 0.6) is 17.2 Å². The van der Waals surface area contributed by atoms with E-state index in [1.165, 1.54) is 6.07 Å². The average molecular weight is 270 g/mol. The van der Waals surface area contributed by atoms with E-state index in [0.717, 1.165) is 0 Å². The lowest BCUT2D eigenvalue weighted by Crippen LogP contribution is -2.08. The third-order valence-corrected chi connectivity index (χ3v) is 2.81. The molecule has 0 N–H and O–H groups in total. The summed E-state index contributed by atoms with van der Waals surface area (Å²) in [6.07, 6.45) is 0.692. The number of carbonyl (C=O) groups is 2. The fraction of sp³-hybridized carbons (Fsp3) is 0.0667. The summed E-state index contributed by atoms with van der Waals surface area (Å²) in [5, 5.41) is 0. The monoisotopic (exact) mass is 270 g/mol. The summed E-state index contributed by atoms with van der Waals surface area (Å²) in [7, 11) is 0. The van der Waals surface area contributed by atoms with Crippen molar-refractivity contribution in [2.75, 3.05) is 6.79 Å². The lowest BCUT2D eigenvalue weighted by atomic mass is 10.2. The first-order valence-corrected chi connectivity index (χ1v) is 5.93. The highest BCUT2D eigenvalue weighted by atomic mass is 16.7. The Labute approximate surface area is 114 Å². The summed E-state index contributed by atoms with van der Waals surface area (Å²) in [4.78, 5) is 22.7. The van der Waals surface area contributed by atoms with E-state index in [9.17, 15) is 9.59 Å². The second kappa shape index (κ2) is 5.05. The predicted molar refractivity (Wildman–Crippen MR) is 69.4 cm³/mol. The van der Waals surface area contributed by atoms with Crippen molar-refractivity contribution < 1.29 is 23.8 Å². The lowest BCUT2D eigenvalue weighted by Gasteiger charge is -2.05. The summed E-state index contributed by atoms with van der Waals surface area (Å²) in [5.41, 5.74) is 0.798. The molecule has 0 aromatic heterocycles. The number of carbonyl (C=O) groups excluding carboxylic acids is 2. The van der Waals surface area contributed by atoms with E-state index in [1.807, 2.05) is 0 Å². The van der Waals surface area contributed by atoms with Gasteiger partial charge in [0.05, 0.1) is 5.56 Å². The van der Waals surface area contributed by atoms with Gasteiger partial charge in [0, 0.05) is 5.56 Å². The first-order chi connectivity index (χ1) is 9.76. The molecule has 20 heavy (non-hydrogen) atoms. The molecule has 0 bridgehead atoms. The highest BCUT2D eigenvalue weighted by Gasteiger charge is 2.17. The van der Waals surface area contributed by atoms with Gasteiger partial charge >= 0.3 is 5.97 Å². The Hall–Kier alpha value is -2.82. The van der Waals surface area contributed by atoms with Gasteiger partial charge in [0.1, 0.15) is 12.0 Å². The molecule has 1 aliphatic heterocycles. The van der Waals surface area contributed by atoms with E-state index in [4.69, 9.17) is 14.2 Å². The van der Waals surface area contributed by atoms with Gasteiger partial charge in [-0.2, -0.15) is 0 Å². The third-order valence-electron chi connectivity index (χ3n) is 2.81. The van der Waals surface area contributed by atoms with Gasteiger partial charge in [0.2, 0.25) is 6.79 Å². The van der Waals surface area contributed by atoms with Crippen LogP contribution in [0.15, 0.2) is 42.5 Å². The molecule has 0 radical (unpaired) electrons.